The van der Waals surface area contributed by atoms with E-state index in [-0.39, 0.29) is 19.1 Å². The monoisotopic (exact) mass is 953 g/mol. The van der Waals surface area contributed by atoms with Crippen LogP contribution in [0.25, 0.3) is 0 Å². The summed E-state index contributed by atoms with van der Waals surface area (Å²) < 4.78 is 23.3. The molecule has 1 amide bonds. The highest BCUT2D eigenvalue weighted by Gasteiger charge is 2.23. The van der Waals surface area contributed by atoms with Gasteiger partial charge in [-0.25, -0.2) is 0 Å². The van der Waals surface area contributed by atoms with Crippen molar-refractivity contribution in [2.24, 2.45) is 0 Å². The van der Waals surface area contributed by atoms with Crippen molar-refractivity contribution in [3.8, 4) is 0 Å². The third-order valence-corrected chi connectivity index (χ3v) is 14.1. The van der Waals surface area contributed by atoms with Crippen LogP contribution in [0.5, 0.6) is 0 Å². The van der Waals surface area contributed by atoms with Gasteiger partial charge in [0.25, 0.3) is 7.82 Å². The van der Waals surface area contributed by atoms with Crippen LogP contribution in [0.2, 0.25) is 0 Å². The van der Waals surface area contributed by atoms with Gasteiger partial charge in [0.2, 0.25) is 5.91 Å². The van der Waals surface area contributed by atoms with E-state index in [1.54, 1.807) is 6.08 Å². The molecule has 0 aliphatic carbocycles. The summed E-state index contributed by atoms with van der Waals surface area (Å²) in [5.41, 5.74) is 0. The third-order valence-electron chi connectivity index (χ3n) is 13.2. The Bertz CT molecular complexity index is 1130. The first-order valence-corrected chi connectivity index (χ1v) is 30.2. The number of phosphoric acid groups is 1. The molecule has 8 nitrogen and oxygen atoms in total. The Kier molecular flexibility index (Phi) is 48.2. The molecule has 0 fully saturated rings. The van der Waals surface area contributed by atoms with Gasteiger partial charge in [-0.15, -0.1) is 0 Å². The smallest absolute Gasteiger partial charge is 0.268 e. The number of unbranched alkanes of at least 4 members (excludes halogenated alkanes) is 38. The highest BCUT2D eigenvalue weighted by atomic mass is 31.2. The van der Waals surface area contributed by atoms with E-state index in [2.05, 4.69) is 31.3 Å². The first-order chi connectivity index (χ1) is 32.0. The lowest BCUT2D eigenvalue weighted by molar-refractivity contribution is -0.870. The average molecular weight is 954 g/mol. The van der Waals surface area contributed by atoms with Crippen LogP contribution in [0.4, 0.5) is 0 Å². The van der Waals surface area contributed by atoms with Gasteiger partial charge in [-0.3, -0.25) is 9.36 Å². The number of aliphatic hydroxyl groups excluding tert-OH is 1. The van der Waals surface area contributed by atoms with Crippen LogP contribution in [0.3, 0.4) is 0 Å². The zero-order valence-electron chi connectivity index (χ0n) is 44.7. The number of rotatable bonds is 53. The summed E-state index contributed by atoms with van der Waals surface area (Å²) in [5, 5.41) is 13.9. The molecule has 2 N–H and O–H groups in total. The molecule has 0 aliphatic rings. The fourth-order valence-electron chi connectivity index (χ4n) is 8.62. The van der Waals surface area contributed by atoms with E-state index in [0.29, 0.717) is 17.4 Å². The summed E-state index contributed by atoms with van der Waals surface area (Å²) in [7, 11) is 1.27. The topological polar surface area (TPSA) is 108 Å². The van der Waals surface area contributed by atoms with E-state index in [4.69, 9.17) is 9.05 Å². The molecule has 0 aromatic heterocycles. The van der Waals surface area contributed by atoms with Gasteiger partial charge in [0.05, 0.1) is 39.9 Å². The van der Waals surface area contributed by atoms with Crippen molar-refractivity contribution >= 4 is 13.7 Å². The number of allylic oxidation sites excluding steroid dienone is 3. The van der Waals surface area contributed by atoms with Gasteiger partial charge in [-0.2, -0.15) is 0 Å². The number of hydrogen-bond acceptors (Lipinski definition) is 6. The van der Waals surface area contributed by atoms with Crippen LogP contribution in [-0.2, 0) is 18.4 Å². The molecule has 66 heavy (non-hydrogen) atoms. The van der Waals surface area contributed by atoms with Crippen LogP contribution in [0, 0.1) is 0 Å². The van der Waals surface area contributed by atoms with Gasteiger partial charge in [-0.05, 0) is 44.9 Å². The Morgan fingerprint density at radius 1 is 0.515 bits per heavy atom. The van der Waals surface area contributed by atoms with Crippen molar-refractivity contribution < 1.29 is 32.9 Å². The van der Waals surface area contributed by atoms with Crippen molar-refractivity contribution in [2.45, 2.75) is 296 Å². The lowest BCUT2D eigenvalue weighted by atomic mass is 10.0. The Labute approximate surface area is 411 Å². The third kappa shape index (κ3) is 50.8. The summed E-state index contributed by atoms with van der Waals surface area (Å²) >= 11 is 0. The highest BCUT2D eigenvalue weighted by Crippen LogP contribution is 2.38. The summed E-state index contributed by atoms with van der Waals surface area (Å²) in [6.07, 6.45) is 61.1. The van der Waals surface area contributed by atoms with Gasteiger partial charge in [0, 0.05) is 6.42 Å². The predicted octanol–water partition coefficient (Wildman–Crippen LogP) is 16.6. The predicted molar refractivity (Wildman–Crippen MR) is 284 cm³/mol. The molecule has 3 atom stereocenters. The number of nitrogens with one attached hydrogen (secondary N) is 1. The Hall–Kier alpha value is -1.02. The SMILES string of the molecule is CCCCCCCCCC/C=C\CCCCCCCCCC(=O)NC(COP(=O)([O-])OCC[N+](C)(C)C)C(O)/C=C/CCCCCCCCCCCCCCCCCCCCCCCCC. The van der Waals surface area contributed by atoms with Crippen molar-refractivity contribution in [3.63, 3.8) is 0 Å². The second-order valence-corrected chi connectivity index (χ2v) is 22.4. The summed E-state index contributed by atoms with van der Waals surface area (Å²) in [5.74, 6) is -0.198. The van der Waals surface area contributed by atoms with E-state index in [9.17, 15) is 19.4 Å². The number of hydrogen-bond donors (Lipinski definition) is 2. The van der Waals surface area contributed by atoms with Crippen molar-refractivity contribution in [1.29, 1.82) is 0 Å². The molecule has 0 heterocycles. The minimum Gasteiger partial charge on any atom is -0.756 e. The minimum atomic E-state index is -4.60. The normalized spacial score (nSPS) is 14.1. The van der Waals surface area contributed by atoms with E-state index in [0.717, 1.165) is 38.5 Å². The zero-order chi connectivity index (χ0) is 48.5. The van der Waals surface area contributed by atoms with Crippen molar-refractivity contribution in [1.82, 2.24) is 5.32 Å². The summed E-state index contributed by atoms with van der Waals surface area (Å²) in [6.45, 7) is 4.68. The fourth-order valence-corrected chi connectivity index (χ4v) is 9.34. The van der Waals surface area contributed by atoms with E-state index in [1.165, 1.54) is 225 Å². The molecular formula is C57H113N2O6P. The maximum absolute atomic E-state index is 12.9. The number of carbonyl (C=O) groups is 1. The molecule has 0 aromatic carbocycles. The molecule has 392 valence electrons. The quantitative estimate of drug-likeness (QED) is 0.0272. The molecule has 3 unspecified atom stereocenters. The van der Waals surface area contributed by atoms with Gasteiger partial charge < -0.3 is 28.8 Å². The first-order valence-electron chi connectivity index (χ1n) is 28.7. The molecule has 0 aliphatic heterocycles. The van der Waals surface area contributed by atoms with Crippen LogP contribution in [0.15, 0.2) is 24.3 Å². The number of amides is 1. The number of quaternary nitrogens is 1. The second kappa shape index (κ2) is 49.0. The molecule has 9 heteroatoms. The molecule has 0 saturated heterocycles. The van der Waals surface area contributed by atoms with Crippen LogP contribution < -0.4 is 10.2 Å². The molecule has 0 radical (unpaired) electrons. The van der Waals surface area contributed by atoms with Gasteiger partial charge in [0.1, 0.15) is 13.2 Å². The number of carbonyl (C=O) groups excluding carboxylic acids is 1. The Morgan fingerprint density at radius 2 is 0.833 bits per heavy atom. The maximum atomic E-state index is 12.9. The second-order valence-electron chi connectivity index (χ2n) is 21.0. The zero-order valence-corrected chi connectivity index (χ0v) is 45.6. The van der Waals surface area contributed by atoms with Gasteiger partial charge >= 0.3 is 0 Å². The summed E-state index contributed by atoms with van der Waals surface area (Å²) in [6, 6.07) is -0.887. The number of nitrogens with zero attached hydrogens (tertiary/aromatic N) is 1. The van der Waals surface area contributed by atoms with Crippen molar-refractivity contribution in [3.05, 3.63) is 24.3 Å². The van der Waals surface area contributed by atoms with E-state index < -0.39 is 20.0 Å². The Morgan fingerprint density at radius 3 is 1.18 bits per heavy atom. The maximum Gasteiger partial charge on any atom is 0.268 e. The van der Waals surface area contributed by atoms with Crippen molar-refractivity contribution in [2.75, 3.05) is 40.9 Å². The van der Waals surface area contributed by atoms with Crippen LogP contribution in [0.1, 0.15) is 284 Å². The van der Waals surface area contributed by atoms with E-state index >= 15 is 0 Å². The standard InChI is InChI=1S/C57H113N2O6P/c1-6-8-10-12-14-16-18-20-22-24-26-27-28-29-30-31-33-34-36-38-40-42-44-46-48-50-56(60)55(54-65-66(62,63)64-53-52-59(3,4)5)58-57(61)51-49-47-45-43-41-39-37-35-32-25-23-21-19-17-15-13-11-9-7-2/h25,32,48,50,55-56,60H,6-24,26-31,33-47,49,51-54H2,1-5H3,(H-,58,61,62,63)/b32-25-,50-48+. The molecule has 0 bridgehead atoms. The molecule has 0 rings (SSSR count). The van der Waals surface area contributed by atoms with E-state index in [1.807, 2.05) is 27.2 Å². The lowest BCUT2D eigenvalue weighted by Crippen LogP contribution is -2.45. The van der Waals surface area contributed by atoms with Crippen LogP contribution in [-0.4, -0.2) is 68.5 Å². The number of likely N-dealkylation sites (N-methyl/N-ethyl adjacent to an activating group) is 1. The van der Waals surface area contributed by atoms with Gasteiger partial charge in [-0.1, -0.05) is 256 Å². The van der Waals surface area contributed by atoms with Gasteiger partial charge in [0.15, 0.2) is 0 Å². The summed E-state index contributed by atoms with van der Waals surface area (Å²) in [4.78, 5) is 25.5. The average Bonchev–Trinajstić information content (AvgIpc) is 3.28. The fraction of sp³-hybridized carbons (Fsp3) is 0.912. The molecule has 0 saturated carbocycles. The highest BCUT2D eigenvalue weighted by molar-refractivity contribution is 7.45. The van der Waals surface area contributed by atoms with Crippen LogP contribution >= 0.6 is 7.82 Å². The molecule has 0 aromatic rings. The Balaban J connectivity index is 4.21. The molecule has 0 spiro atoms. The number of phosphoric ester groups is 1. The first kappa shape index (κ1) is 65.0. The largest absolute Gasteiger partial charge is 0.756 e. The molecular weight excluding hydrogens is 840 g/mol. The number of aliphatic hydroxyl groups is 1. The minimum absolute atomic E-state index is 0.000225. The lowest BCUT2D eigenvalue weighted by Gasteiger charge is -2.29.